The molecule has 4 nitrogen and oxygen atoms in total. The van der Waals surface area contributed by atoms with Gasteiger partial charge < -0.3 is 14.2 Å². The number of hydrogen-bond acceptors (Lipinski definition) is 4. The van der Waals surface area contributed by atoms with Gasteiger partial charge in [0.05, 0.1) is 0 Å². The van der Waals surface area contributed by atoms with Crippen molar-refractivity contribution >= 4 is 5.97 Å². The molecule has 2 unspecified atom stereocenters. The van der Waals surface area contributed by atoms with Crippen LogP contribution in [0.25, 0.3) is 0 Å². The SMILES string of the molecule is CCCCCC=CC(=O)OC(C)OC(C)OC. The fourth-order valence-corrected chi connectivity index (χ4v) is 1.25. The van der Waals surface area contributed by atoms with Crippen LogP contribution in [0.5, 0.6) is 0 Å². The van der Waals surface area contributed by atoms with Gasteiger partial charge >= 0.3 is 5.97 Å². The number of allylic oxidation sites excluding steroid dienone is 1. The topological polar surface area (TPSA) is 44.8 Å². The Kier molecular flexibility index (Phi) is 9.77. The summed E-state index contributed by atoms with van der Waals surface area (Å²) in [5.74, 6) is -0.377. The first-order valence-electron chi connectivity index (χ1n) is 6.15. The van der Waals surface area contributed by atoms with Crippen LogP contribution in [0.1, 0.15) is 46.5 Å². The molecule has 0 aliphatic rings. The second-order valence-corrected chi connectivity index (χ2v) is 3.84. The van der Waals surface area contributed by atoms with Gasteiger partial charge in [-0.2, -0.15) is 0 Å². The Balaban J connectivity index is 3.69. The van der Waals surface area contributed by atoms with Crippen molar-refractivity contribution in [2.24, 2.45) is 0 Å². The molecule has 0 bridgehead atoms. The van der Waals surface area contributed by atoms with Crippen LogP contribution in [0, 0.1) is 0 Å². The maximum absolute atomic E-state index is 11.3. The van der Waals surface area contributed by atoms with E-state index in [-0.39, 0.29) is 12.3 Å². The average Bonchev–Trinajstić information content (AvgIpc) is 2.28. The molecule has 0 rings (SSSR count). The first-order chi connectivity index (χ1) is 8.10. The first-order valence-corrected chi connectivity index (χ1v) is 6.15. The Labute approximate surface area is 104 Å². The highest BCUT2D eigenvalue weighted by molar-refractivity contribution is 5.81. The Hall–Kier alpha value is -0.870. The number of methoxy groups -OCH3 is 1. The zero-order valence-corrected chi connectivity index (χ0v) is 11.3. The van der Waals surface area contributed by atoms with Gasteiger partial charge in [-0.3, -0.25) is 0 Å². The Morgan fingerprint density at radius 2 is 1.94 bits per heavy atom. The molecule has 2 atom stereocenters. The number of unbranched alkanes of at least 4 members (excludes halogenated alkanes) is 3. The third kappa shape index (κ3) is 10.0. The quantitative estimate of drug-likeness (QED) is 0.271. The van der Waals surface area contributed by atoms with Gasteiger partial charge in [-0.1, -0.05) is 25.8 Å². The molecule has 0 aromatic carbocycles. The van der Waals surface area contributed by atoms with E-state index in [9.17, 15) is 4.79 Å². The van der Waals surface area contributed by atoms with Gasteiger partial charge in [-0.15, -0.1) is 0 Å². The van der Waals surface area contributed by atoms with Gasteiger partial charge in [0, 0.05) is 13.2 Å². The van der Waals surface area contributed by atoms with Gasteiger partial charge in [0.1, 0.15) is 0 Å². The van der Waals surface area contributed by atoms with E-state index in [2.05, 4.69) is 6.92 Å². The van der Waals surface area contributed by atoms with E-state index in [0.717, 1.165) is 12.8 Å². The summed E-state index contributed by atoms with van der Waals surface area (Å²) in [7, 11) is 1.53. The molecular formula is C13H24O4. The molecule has 0 fully saturated rings. The highest BCUT2D eigenvalue weighted by Crippen LogP contribution is 2.03. The van der Waals surface area contributed by atoms with E-state index in [4.69, 9.17) is 14.2 Å². The van der Waals surface area contributed by atoms with E-state index >= 15 is 0 Å². The van der Waals surface area contributed by atoms with Gasteiger partial charge in [-0.05, 0) is 26.7 Å². The molecule has 0 aliphatic heterocycles. The van der Waals surface area contributed by atoms with Crippen LogP contribution in [0.2, 0.25) is 0 Å². The van der Waals surface area contributed by atoms with Crippen molar-refractivity contribution in [2.75, 3.05) is 7.11 Å². The van der Waals surface area contributed by atoms with E-state index in [1.807, 2.05) is 6.08 Å². The lowest BCUT2D eigenvalue weighted by molar-refractivity contribution is -0.219. The number of carbonyl (C=O) groups excluding carboxylic acids is 1. The average molecular weight is 244 g/mol. The largest absolute Gasteiger partial charge is 0.433 e. The third-order valence-electron chi connectivity index (χ3n) is 2.23. The van der Waals surface area contributed by atoms with Crippen LogP contribution in [-0.2, 0) is 19.0 Å². The molecule has 100 valence electrons. The third-order valence-corrected chi connectivity index (χ3v) is 2.23. The van der Waals surface area contributed by atoms with Crippen LogP contribution < -0.4 is 0 Å². The predicted molar refractivity (Wildman–Crippen MR) is 66.4 cm³/mol. The zero-order valence-electron chi connectivity index (χ0n) is 11.3. The lowest BCUT2D eigenvalue weighted by atomic mass is 10.2. The van der Waals surface area contributed by atoms with Crippen LogP contribution in [0.4, 0.5) is 0 Å². The van der Waals surface area contributed by atoms with Crippen LogP contribution >= 0.6 is 0 Å². The molecule has 0 saturated heterocycles. The fourth-order valence-electron chi connectivity index (χ4n) is 1.25. The summed E-state index contributed by atoms with van der Waals surface area (Å²) in [6.45, 7) is 5.55. The van der Waals surface area contributed by atoms with Crippen LogP contribution in [0.3, 0.4) is 0 Å². The first kappa shape index (κ1) is 16.1. The zero-order chi connectivity index (χ0) is 13.1. The molecule has 0 spiro atoms. The normalized spacial score (nSPS) is 14.8. The molecule has 0 heterocycles. The minimum atomic E-state index is -0.599. The Bertz CT molecular complexity index is 225. The minimum Gasteiger partial charge on any atom is -0.433 e. The van der Waals surface area contributed by atoms with Gasteiger partial charge in [0.2, 0.25) is 6.29 Å². The van der Waals surface area contributed by atoms with Crippen molar-refractivity contribution < 1.29 is 19.0 Å². The second-order valence-electron chi connectivity index (χ2n) is 3.84. The number of rotatable bonds is 9. The van der Waals surface area contributed by atoms with Crippen molar-refractivity contribution in [1.82, 2.24) is 0 Å². The molecule has 0 saturated carbocycles. The number of carbonyl (C=O) groups is 1. The summed E-state index contributed by atoms with van der Waals surface area (Å²) >= 11 is 0. The van der Waals surface area contributed by atoms with Crippen molar-refractivity contribution in [2.45, 2.75) is 59.0 Å². The fraction of sp³-hybridized carbons (Fsp3) is 0.769. The number of esters is 1. The summed E-state index contributed by atoms with van der Waals surface area (Å²) in [5, 5.41) is 0. The van der Waals surface area contributed by atoms with E-state index in [1.165, 1.54) is 26.0 Å². The molecule has 0 aliphatic carbocycles. The summed E-state index contributed by atoms with van der Waals surface area (Å²) in [5.41, 5.74) is 0. The Morgan fingerprint density at radius 1 is 1.24 bits per heavy atom. The van der Waals surface area contributed by atoms with E-state index in [1.54, 1.807) is 13.8 Å². The molecule has 4 heteroatoms. The highest BCUT2D eigenvalue weighted by Gasteiger charge is 2.10. The van der Waals surface area contributed by atoms with Crippen LogP contribution in [0.15, 0.2) is 12.2 Å². The molecule has 0 N–H and O–H groups in total. The molecule has 0 aromatic rings. The second kappa shape index (κ2) is 10.3. The molecule has 0 aromatic heterocycles. The lowest BCUT2D eigenvalue weighted by Gasteiger charge is -2.17. The van der Waals surface area contributed by atoms with E-state index < -0.39 is 6.29 Å². The molecular weight excluding hydrogens is 220 g/mol. The summed E-state index contributed by atoms with van der Waals surface area (Å²) in [6.07, 6.45) is 6.68. The monoisotopic (exact) mass is 244 g/mol. The maximum Gasteiger partial charge on any atom is 0.332 e. The standard InChI is InChI=1S/C13H24O4/c1-5-6-7-8-9-10-13(14)17-12(3)16-11(2)15-4/h9-12H,5-8H2,1-4H3. The summed E-state index contributed by atoms with van der Waals surface area (Å²) < 4.78 is 15.1. The van der Waals surface area contributed by atoms with Crippen LogP contribution in [-0.4, -0.2) is 25.7 Å². The maximum atomic E-state index is 11.3. The minimum absolute atomic E-state index is 0.377. The molecule has 17 heavy (non-hydrogen) atoms. The predicted octanol–water partition coefficient (Wildman–Crippen LogP) is 3.02. The highest BCUT2D eigenvalue weighted by atomic mass is 16.8. The van der Waals surface area contributed by atoms with Crippen molar-refractivity contribution in [3.05, 3.63) is 12.2 Å². The Morgan fingerprint density at radius 3 is 2.53 bits per heavy atom. The van der Waals surface area contributed by atoms with Crippen molar-refractivity contribution in [3.63, 3.8) is 0 Å². The van der Waals surface area contributed by atoms with Crippen molar-refractivity contribution in [3.8, 4) is 0 Å². The summed E-state index contributed by atoms with van der Waals surface area (Å²) in [6, 6.07) is 0. The van der Waals surface area contributed by atoms with Gasteiger partial charge in [0.15, 0.2) is 6.29 Å². The number of hydrogen-bond donors (Lipinski definition) is 0. The molecule has 0 amide bonds. The smallest absolute Gasteiger partial charge is 0.332 e. The van der Waals surface area contributed by atoms with Gasteiger partial charge in [-0.25, -0.2) is 4.79 Å². The van der Waals surface area contributed by atoms with E-state index in [0.29, 0.717) is 0 Å². The summed E-state index contributed by atoms with van der Waals surface area (Å²) in [4.78, 5) is 11.3. The number of ether oxygens (including phenoxy) is 3. The van der Waals surface area contributed by atoms with Crippen molar-refractivity contribution in [1.29, 1.82) is 0 Å². The lowest BCUT2D eigenvalue weighted by Crippen LogP contribution is -2.23. The van der Waals surface area contributed by atoms with Gasteiger partial charge in [0.25, 0.3) is 0 Å². The molecule has 0 radical (unpaired) electrons.